The topological polar surface area (TPSA) is 51.2 Å². The monoisotopic (exact) mass is 375 g/mol. The van der Waals surface area contributed by atoms with Gasteiger partial charge in [-0.2, -0.15) is 0 Å². The van der Waals surface area contributed by atoms with Crippen LogP contribution in [0.15, 0.2) is 24.3 Å². The minimum absolute atomic E-state index is 0.228. The maximum absolute atomic E-state index is 9.96. The Balaban J connectivity index is 1.52. The number of β-amino-alcohol motifs (C(OH)–C–C–N with tert-alkyl or cyclic N) is 1. The van der Waals surface area contributed by atoms with Gasteiger partial charge in [0.05, 0.1) is 16.8 Å². The largest absolute Gasteiger partial charge is 0.494 e. The molecule has 0 radical (unpaired) electrons. The van der Waals surface area contributed by atoms with Crippen LogP contribution >= 0.6 is 0 Å². The highest BCUT2D eigenvalue weighted by atomic mass is 16.7. The first-order valence-corrected chi connectivity index (χ1v) is 10.0. The van der Waals surface area contributed by atoms with Crippen molar-refractivity contribution in [1.29, 1.82) is 0 Å². The molecule has 150 valence electrons. The van der Waals surface area contributed by atoms with Crippen molar-refractivity contribution in [3.63, 3.8) is 0 Å². The minimum Gasteiger partial charge on any atom is -0.490 e. The van der Waals surface area contributed by atoms with Crippen molar-refractivity contribution in [2.45, 2.75) is 77.3 Å². The molecule has 2 aliphatic heterocycles. The Morgan fingerprint density at radius 3 is 2.07 bits per heavy atom. The zero-order chi connectivity index (χ0) is 19.9. The van der Waals surface area contributed by atoms with Crippen LogP contribution in [0.5, 0.6) is 5.75 Å². The van der Waals surface area contributed by atoms with Gasteiger partial charge >= 0.3 is 7.12 Å². The molecule has 0 amide bonds. The molecule has 6 heteroatoms. The summed E-state index contributed by atoms with van der Waals surface area (Å²) in [5.74, 6) is 0.885. The number of aliphatic hydroxyl groups is 1. The molecule has 2 saturated heterocycles. The highest BCUT2D eigenvalue weighted by molar-refractivity contribution is 6.62. The van der Waals surface area contributed by atoms with E-state index in [1.165, 1.54) is 0 Å². The molecule has 0 unspecified atom stereocenters. The number of hydrogen-bond donors (Lipinski definition) is 1. The molecular formula is C21H34BNO4. The molecule has 1 aromatic carbocycles. The SMILES string of the molecule is CC(C)(O)CN1CCC(Oc2ccc(B3OC(C)(C)C(C)(C)O3)cc2)CC1. The minimum atomic E-state index is -0.642. The average molecular weight is 375 g/mol. The summed E-state index contributed by atoms with van der Waals surface area (Å²) in [4.78, 5) is 2.31. The second-order valence-corrected chi connectivity index (χ2v) is 9.56. The second kappa shape index (κ2) is 7.39. The summed E-state index contributed by atoms with van der Waals surface area (Å²) < 4.78 is 18.4. The van der Waals surface area contributed by atoms with E-state index < -0.39 is 5.60 Å². The molecule has 0 aromatic heterocycles. The van der Waals surface area contributed by atoms with E-state index in [0.717, 1.165) is 37.1 Å². The summed E-state index contributed by atoms with van der Waals surface area (Å²) in [6.45, 7) is 14.6. The Morgan fingerprint density at radius 2 is 1.59 bits per heavy atom. The number of ether oxygens (including phenoxy) is 1. The Hall–Kier alpha value is -1.08. The first kappa shape index (κ1) is 20.7. The number of piperidine rings is 1. The van der Waals surface area contributed by atoms with E-state index in [0.29, 0.717) is 6.54 Å². The molecule has 2 aliphatic rings. The molecule has 1 aromatic rings. The molecular weight excluding hydrogens is 341 g/mol. The molecule has 2 fully saturated rings. The van der Waals surface area contributed by atoms with E-state index in [4.69, 9.17) is 14.0 Å². The van der Waals surface area contributed by atoms with Crippen LogP contribution in [0.4, 0.5) is 0 Å². The molecule has 1 N–H and O–H groups in total. The number of likely N-dealkylation sites (tertiary alicyclic amines) is 1. The van der Waals surface area contributed by atoms with Gasteiger partial charge in [0.1, 0.15) is 11.9 Å². The maximum atomic E-state index is 9.96. The van der Waals surface area contributed by atoms with Crippen LogP contribution in [0.3, 0.4) is 0 Å². The summed E-state index contributed by atoms with van der Waals surface area (Å²) >= 11 is 0. The number of benzene rings is 1. The maximum Gasteiger partial charge on any atom is 0.494 e. The fourth-order valence-electron chi connectivity index (χ4n) is 3.61. The van der Waals surface area contributed by atoms with E-state index in [9.17, 15) is 5.11 Å². The van der Waals surface area contributed by atoms with Gasteiger partial charge in [-0.25, -0.2) is 0 Å². The highest BCUT2D eigenvalue weighted by Crippen LogP contribution is 2.36. The molecule has 5 nitrogen and oxygen atoms in total. The van der Waals surface area contributed by atoms with Crippen LogP contribution < -0.4 is 10.2 Å². The van der Waals surface area contributed by atoms with Gasteiger partial charge < -0.3 is 24.1 Å². The van der Waals surface area contributed by atoms with E-state index in [1.807, 2.05) is 38.1 Å². The quantitative estimate of drug-likeness (QED) is 0.802. The van der Waals surface area contributed by atoms with Gasteiger partial charge in [0, 0.05) is 19.6 Å². The molecule has 2 heterocycles. The van der Waals surface area contributed by atoms with Gasteiger partial charge in [-0.05, 0) is 72.0 Å². The van der Waals surface area contributed by atoms with Crippen molar-refractivity contribution in [1.82, 2.24) is 4.90 Å². The van der Waals surface area contributed by atoms with Crippen molar-refractivity contribution in [3.05, 3.63) is 24.3 Å². The van der Waals surface area contributed by atoms with E-state index >= 15 is 0 Å². The predicted molar refractivity (Wildman–Crippen MR) is 109 cm³/mol. The summed E-state index contributed by atoms with van der Waals surface area (Å²) in [5.41, 5.74) is -0.286. The smallest absolute Gasteiger partial charge is 0.490 e. The lowest BCUT2D eigenvalue weighted by Crippen LogP contribution is -2.45. The van der Waals surface area contributed by atoms with Crippen molar-refractivity contribution < 1.29 is 19.2 Å². The predicted octanol–water partition coefficient (Wildman–Crippen LogP) is 2.60. The van der Waals surface area contributed by atoms with Gasteiger partial charge in [0.25, 0.3) is 0 Å². The summed E-state index contributed by atoms with van der Waals surface area (Å²) in [6.07, 6.45) is 2.19. The Kier molecular flexibility index (Phi) is 5.66. The lowest BCUT2D eigenvalue weighted by Gasteiger charge is -2.35. The molecule has 0 spiro atoms. The number of hydrogen-bond acceptors (Lipinski definition) is 5. The molecule has 0 aliphatic carbocycles. The van der Waals surface area contributed by atoms with E-state index in [1.54, 1.807) is 0 Å². The van der Waals surface area contributed by atoms with Crippen LogP contribution in [0.25, 0.3) is 0 Å². The van der Waals surface area contributed by atoms with E-state index in [-0.39, 0.29) is 24.4 Å². The molecule has 0 bridgehead atoms. The van der Waals surface area contributed by atoms with Crippen LogP contribution in [0, 0.1) is 0 Å². The third kappa shape index (κ3) is 5.05. The molecule has 3 rings (SSSR count). The summed E-state index contributed by atoms with van der Waals surface area (Å²) in [5, 5.41) is 9.96. The van der Waals surface area contributed by atoms with Gasteiger partial charge in [0.15, 0.2) is 0 Å². The fourth-order valence-corrected chi connectivity index (χ4v) is 3.61. The molecule has 0 saturated carbocycles. The van der Waals surface area contributed by atoms with Crippen LogP contribution in [-0.4, -0.2) is 59.7 Å². The Bertz CT molecular complexity index is 615. The van der Waals surface area contributed by atoms with Crippen LogP contribution in [0.1, 0.15) is 54.4 Å². The van der Waals surface area contributed by atoms with Crippen molar-refractivity contribution in [2.75, 3.05) is 19.6 Å². The van der Waals surface area contributed by atoms with Gasteiger partial charge in [0.2, 0.25) is 0 Å². The zero-order valence-electron chi connectivity index (χ0n) is 17.6. The average Bonchev–Trinajstić information content (AvgIpc) is 2.77. The number of rotatable bonds is 5. The second-order valence-electron chi connectivity index (χ2n) is 9.56. The Morgan fingerprint density at radius 1 is 1.07 bits per heavy atom. The normalized spacial score (nSPS) is 23.6. The lowest BCUT2D eigenvalue weighted by molar-refractivity contribution is 0.00578. The van der Waals surface area contributed by atoms with Crippen LogP contribution in [0.2, 0.25) is 0 Å². The number of nitrogens with zero attached hydrogens (tertiary/aromatic N) is 1. The van der Waals surface area contributed by atoms with Gasteiger partial charge in [-0.3, -0.25) is 0 Å². The lowest BCUT2D eigenvalue weighted by atomic mass is 9.79. The first-order chi connectivity index (χ1) is 12.5. The van der Waals surface area contributed by atoms with Crippen molar-refractivity contribution >= 4 is 12.6 Å². The summed E-state index contributed by atoms with van der Waals surface area (Å²) in [6, 6.07) is 8.06. The van der Waals surface area contributed by atoms with Gasteiger partial charge in [-0.1, -0.05) is 12.1 Å². The van der Waals surface area contributed by atoms with Crippen LogP contribution in [-0.2, 0) is 9.31 Å². The fraction of sp³-hybridized carbons (Fsp3) is 0.714. The summed E-state index contributed by atoms with van der Waals surface area (Å²) in [7, 11) is -0.339. The Labute approximate surface area is 164 Å². The molecule has 0 atom stereocenters. The third-order valence-corrected chi connectivity index (χ3v) is 5.85. The molecule has 27 heavy (non-hydrogen) atoms. The highest BCUT2D eigenvalue weighted by Gasteiger charge is 2.51. The van der Waals surface area contributed by atoms with Crippen molar-refractivity contribution in [2.24, 2.45) is 0 Å². The first-order valence-electron chi connectivity index (χ1n) is 10.0. The van der Waals surface area contributed by atoms with Gasteiger partial charge in [-0.15, -0.1) is 0 Å². The van der Waals surface area contributed by atoms with Crippen molar-refractivity contribution in [3.8, 4) is 5.75 Å². The zero-order valence-corrected chi connectivity index (χ0v) is 17.6. The standard InChI is InChI=1S/C21H34BNO4/c1-19(2,24)15-23-13-11-18(12-14-23)25-17-9-7-16(8-10-17)22-26-20(3,4)21(5,6)27-22/h7-10,18,24H,11-15H2,1-6H3. The third-order valence-electron chi connectivity index (χ3n) is 5.85. The van der Waals surface area contributed by atoms with E-state index in [2.05, 4.69) is 32.6 Å².